The lowest BCUT2D eigenvalue weighted by molar-refractivity contribution is 0.0927. The number of hydrogen-bond acceptors (Lipinski definition) is 5. The quantitative estimate of drug-likeness (QED) is 0.674. The Morgan fingerprint density at radius 2 is 1.67 bits per heavy atom. The molecule has 2 fully saturated rings. The molecule has 0 bridgehead atoms. The van der Waals surface area contributed by atoms with Crippen LogP contribution in [0.25, 0.3) is 0 Å². The minimum atomic E-state index is -0.301. The van der Waals surface area contributed by atoms with E-state index in [1.165, 1.54) is 19.3 Å². The summed E-state index contributed by atoms with van der Waals surface area (Å²) in [5, 5.41) is 17.4. The van der Waals surface area contributed by atoms with Gasteiger partial charge in [-0.25, -0.2) is 4.68 Å². The van der Waals surface area contributed by atoms with Crippen molar-refractivity contribution in [3.05, 3.63) is 41.7 Å². The minimum Gasteiger partial charge on any atom is -0.349 e. The predicted molar refractivity (Wildman–Crippen MR) is 117 cm³/mol. The Morgan fingerprint density at radius 3 is 2.37 bits per heavy atom. The van der Waals surface area contributed by atoms with E-state index in [1.54, 1.807) is 35.1 Å². The first kappa shape index (κ1) is 22.2. The van der Waals surface area contributed by atoms with E-state index in [1.807, 2.05) is 0 Å². The van der Waals surface area contributed by atoms with Crippen molar-refractivity contribution in [2.24, 2.45) is 0 Å². The summed E-state index contributed by atoms with van der Waals surface area (Å²) in [5.41, 5.74) is 1.52. The number of carbonyl (C=O) groups excluding carboxylic acids is 2. The number of anilines is 1. The van der Waals surface area contributed by atoms with Crippen LogP contribution in [0.2, 0.25) is 0 Å². The number of rotatable bonds is 5. The van der Waals surface area contributed by atoms with Gasteiger partial charge in [-0.05, 0) is 63.0 Å². The molecule has 2 aromatic rings. The van der Waals surface area contributed by atoms with Crippen LogP contribution in [0.4, 0.5) is 5.69 Å². The van der Waals surface area contributed by atoms with Gasteiger partial charge in [-0.3, -0.25) is 9.59 Å². The van der Waals surface area contributed by atoms with Gasteiger partial charge >= 0.3 is 0 Å². The molecule has 1 aliphatic heterocycles. The van der Waals surface area contributed by atoms with E-state index in [4.69, 9.17) is 0 Å². The average molecular weight is 433 g/mol. The number of carbonyl (C=O) groups is 2. The molecule has 0 atom stereocenters. The van der Waals surface area contributed by atoms with E-state index in [2.05, 4.69) is 26.3 Å². The van der Waals surface area contributed by atoms with Crippen LogP contribution in [0.3, 0.4) is 0 Å². The molecule has 2 amide bonds. The lowest BCUT2D eigenvalue weighted by Gasteiger charge is -2.22. The molecule has 1 aromatic carbocycles. The number of nitrogens with zero attached hydrogens (tertiary/aromatic N) is 3. The first-order chi connectivity index (χ1) is 14.2. The second-order valence-electron chi connectivity index (χ2n) is 7.90. The van der Waals surface area contributed by atoms with Crippen LogP contribution < -0.4 is 16.0 Å². The molecule has 8 nitrogen and oxygen atoms in total. The Hall–Kier alpha value is -2.45. The van der Waals surface area contributed by atoms with E-state index in [-0.39, 0.29) is 36.3 Å². The van der Waals surface area contributed by atoms with Crippen molar-refractivity contribution < 1.29 is 9.59 Å². The molecular weight excluding hydrogens is 404 g/mol. The number of piperidine rings is 1. The van der Waals surface area contributed by atoms with Gasteiger partial charge in [0.2, 0.25) is 0 Å². The topological polar surface area (TPSA) is 101 Å². The summed E-state index contributed by atoms with van der Waals surface area (Å²) in [4.78, 5) is 24.9. The van der Waals surface area contributed by atoms with Crippen molar-refractivity contribution in [3.63, 3.8) is 0 Å². The van der Waals surface area contributed by atoms with Gasteiger partial charge in [0.15, 0.2) is 5.69 Å². The molecule has 1 aromatic heterocycles. The van der Waals surface area contributed by atoms with Crippen molar-refractivity contribution in [1.29, 1.82) is 0 Å². The van der Waals surface area contributed by atoms with Crippen molar-refractivity contribution in [2.75, 3.05) is 18.4 Å². The molecule has 30 heavy (non-hydrogen) atoms. The third-order valence-corrected chi connectivity index (χ3v) is 5.77. The first-order valence-corrected chi connectivity index (χ1v) is 10.5. The molecule has 0 spiro atoms. The SMILES string of the molecule is Cl.O=C(NC1CCCCC1)c1ccc(NC(=O)c2cn(C3CCNCC3)nn2)cc1. The van der Waals surface area contributed by atoms with E-state index in [9.17, 15) is 9.59 Å². The van der Waals surface area contributed by atoms with Crippen LogP contribution in [0.5, 0.6) is 0 Å². The van der Waals surface area contributed by atoms with Gasteiger partial charge in [-0.2, -0.15) is 0 Å². The number of hydrogen-bond donors (Lipinski definition) is 3. The lowest BCUT2D eigenvalue weighted by atomic mass is 9.95. The molecule has 1 saturated carbocycles. The van der Waals surface area contributed by atoms with E-state index < -0.39 is 0 Å². The summed E-state index contributed by atoms with van der Waals surface area (Å²) in [5.74, 6) is -0.357. The molecule has 3 N–H and O–H groups in total. The summed E-state index contributed by atoms with van der Waals surface area (Å²) in [6.07, 6.45) is 9.39. The molecule has 4 rings (SSSR count). The van der Waals surface area contributed by atoms with Crippen molar-refractivity contribution >= 4 is 29.9 Å². The Labute approximate surface area is 182 Å². The van der Waals surface area contributed by atoms with Crippen LogP contribution in [0, 0.1) is 0 Å². The maximum atomic E-state index is 12.5. The molecule has 0 radical (unpaired) electrons. The van der Waals surface area contributed by atoms with E-state index in [0.717, 1.165) is 38.8 Å². The maximum absolute atomic E-state index is 12.5. The third kappa shape index (κ3) is 5.58. The number of amides is 2. The van der Waals surface area contributed by atoms with Gasteiger partial charge in [0.1, 0.15) is 0 Å². The van der Waals surface area contributed by atoms with Gasteiger partial charge < -0.3 is 16.0 Å². The van der Waals surface area contributed by atoms with Gasteiger partial charge in [0.25, 0.3) is 11.8 Å². The Balaban J connectivity index is 0.00000256. The van der Waals surface area contributed by atoms with Crippen LogP contribution in [-0.4, -0.2) is 45.9 Å². The summed E-state index contributed by atoms with van der Waals surface area (Å²) >= 11 is 0. The second kappa shape index (κ2) is 10.5. The highest BCUT2D eigenvalue weighted by atomic mass is 35.5. The molecule has 1 saturated heterocycles. The van der Waals surface area contributed by atoms with E-state index >= 15 is 0 Å². The van der Waals surface area contributed by atoms with Crippen LogP contribution in [-0.2, 0) is 0 Å². The molecular formula is C21H29ClN6O2. The number of aromatic nitrogens is 3. The zero-order valence-corrected chi connectivity index (χ0v) is 17.8. The van der Waals surface area contributed by atoms with Gasteiger partial charge in [0, 0.05) is 17.3 Å². The highest BCUT2D eigenvalue weighted by Gasteiger charge is 2.19. The fourth-order valence-electron chi connectivity index (χ4n) is 4.05. The smallest absolute Gasteiger partial charge is 0.277 e. The first-order valence-electron chi connectivity index (χ1n) is 10.5. The summed E-state index contributed by atoms with van der Waals surface area (Å²) < 4.78 is 1.79. The monoisotopic (exact) mass is 432 g/mol. The standard InChI is InChI=1S/C21H28N6O2.ClH/c28-20(23-16-4-2-1-3-5-16)15-6-8-17(9-7-15)24-21(29)19-14-27(26-25-19)18-10-12-22-13-11-18;/h6-9,14,16,18,22H,1-5,10-13H2,(H,23,28)(H,24,29);1H. The van der Waals surface area contributed by atoms with Crippen molar-refractivity contribution in [1.82, 2.24) is 25.6 Å². The summed E-state index contributed by atoms with van der Waals surface area (Å²) in [7, 11) is 0. The van der Waals surface area contributed by atoms with Crippen molar-refractivity contribution in [2.45, 2.75) is 57.0 Å². The zero-order chi connectivity index (χ0) is 20.1. The Kier molecular flexibility index (Phi) is 7.81. The number of benzene rings is 1. The van der Waals surface area contributed by atoms with Crippen LogP contribution >= 0.6 is 12.4 Å². The normalized spacial score (nSPS) is 17.7. The van der Waals surface area contributed by atoms with Crippen LogP contribution in [0.1, 0.15) is 71.8 Å². The molecule has 0 unspecified atom stereocenters. The number of nitrogens with one attached hydrogen (secondary N) is 3. The highest BCUT2D eigenvalue weighted by molar-refractivity contribution is 6.03. The highest BCUT2D eigenvalue weighted by Crippen LogP contribution is 2.19. The Bertz CT molecular complexity index is 841. The lowest BCUT2D eigenvalue weighted by Crippen LogP contribution is -2.36. The summed E-state index contributed by atoms with van der Waals surface area (Å²) in [6, 6.07) is 7.51. The number of halogens is 1. The van der Waals surface area contributed by atoms with Gasteiger partial charge in [-0.1, -0.05) is 24.5 Å². The fourth-order valence-corrected chi connectivity index (χ4v) is 4.05. The van der Waals surface area contributed by atoms with Gasteiger partial charge in [0.05, 0.1) is 12.2 Å². The molecule has 9 heteroatoms. The third-order valence-electron chi connectivity index (χ3n) is 5.77. The van der Waals surface area contributed by atoms with Gasteiger partial charge in [-0.15, -0.1) is 17.5 Å². The maximum Gasteiger partial charge on any atom is 0.277 e. The predicted octanol–water partition coefficient (Wildman–Crippen LogP) is 2.94. The molecule has 2 aliphatic rings. The molecule has 1 aliphatic carbocycles. The van der Waals surface area contributed by atoms with Crippen molar-refractivity contribution in [3.8, 4) is 0 Å². The second-order valence-corrected chi connectivity index (χ2v) is 7.90. The largest absolute Gasteiger partial charge is 0.349 e. The fraction of sp³-hybridized carbons (Fsp3) is 0.524. The van der Waals surface area contributed by atoms with E-state index in [0.29, 0.717) is 16.9 Å². The average Bonchev–Trinajstić information content (AvgIpc) is 3.26. The minimum absolute atomic E-state index is 0. The van der Waals surface area contributed by atoms with Crippen LogP contribution in [0.15, 0.2) is 30.5 Å². The molecule has 162 valence electrons. The Morgan fingerprint density at radius 1 is 0.967 bits per heavy atom. The summed E-state index contributed by atoms with van der Waals surface area (Å²) in [6.45, 7) is 1.90. The molecule has 2 heterocycles. The zero-order valence-electron chi connectivity index (χ0n) is 17.0.